The van der Waals surface area contributed by atoms with Crippen LogP contribution in [0.2, 0.25) is 0 Å². The molecule has 0 aromatic heterocycles. The van der Waals surface area contributed by atoms with Gasteiger partial charge in [0.1, 0.15) is 0 Å². The van der Waals surface area contributed by atoms with Crippen molar-refractivity contribution in [2.45, 2.75) is 32.3 Å². The Morgan fingerprint density at radius 1 is 1.25 bits per heavy atom. The summed E-state index contributed by atoms with van der Waals surface area (Å²) < 4.78 is 0. The van der Waals surface area contributed by atoms with E-state index in [1.54, 1.807) is 6.92 Å². The quantitative estimate of drug-likeness (QED) is 0.573. The molecule has 0 aliphatic heterocycles. The van der Waals surface area contributed by atoms with Crippen molar-refractivity contribution in [3.8, 4) is 0 Å². The maximum atomic E-state index is 8.91. The number of rotatable bonds is 2. The molecule has 1 N–H and O–H groups in total. The summed E-state index contributed by atoms with van der Waals surface area (Å²) in [6, 6.07) is 0. The summed E-state index contributed by atoms with van der Waals surface area (Å²) in [6.45, 7) is 5.57. The average Bonchev–Trinajstić information content (AvgIpc) is 1.64. The van der Waals surface area contributed by atoms with Gasteiger partial charge in [0.25, 0.3) is 0 Å². The molecule has 0 saturated heterocycles. The lowest BCUT2D eigenvalue weighted by Crippen LogP contribution is -2.20. The molecule has 0 saturated carbocycles. The van der Waals surface area contributed by atoms with Crippen LogP contribution in [-0.4, -0.2) is 16.6 Å². The molecule has 0 bridgehead atoms. The highest BCUT2D eigenvalue weighted by molar-refractivity contribution is 6.20. The molecule has 2 heteroatoms. The number of aliphatic hydroxyl groups excluding tert-OH is 1. The van der Waals surface area contributed by atoms with E-state index in [1.165, 1.54) is 0 Å². The number of halogens is 1. The number of alkyl halides is 1. The third-order valence-corrected chi connectivity index (χ3v) is 1.88. The minimum atomic E-state index is -0.289. The van der Waals surface area contributed by atoms with Gasteiger partial charge in [0.15, 0.2) is 0 Å². The largest absolute Gasteiger partial charge is 0.393 e. The molecule has 3 unspecified atom stereocenters. The van der Waals surface area contributed by atoms with Gasteiger partial charge in [-0.1, -0.05) is 6.92 Å². The van der Waals surface area contributed by atoms with Crippen LogP contribution in [0.1, 0.15) is 20.8 Å². The summed E-state index contributed by atoms with van der Waals surface area (Å²) in [4.78, 5) is 0. The Hall–Kier alpha value is 0.250. The van der Waals surface area contributed by atoms with Gasteiger partial charge in [-0.25, -0.2) is 0 Å². The average molecular weight is 137 g/mol. The molecule has 0 rings (SSSR count). The third-order valence-electron chi connectivity index (χ3n) is 1.49. The summed E-state index contributed by atoms with van der Waals surface area (Å²) in [5, 5.41) is 8.97. The predicted molar refractivity (Wildman–Crippen MR) is 36.2 cm³/mol. The van der Waals surface area contributed by atoms with Crippen molar-refractivity contribution in [1.82, 2.24) is 0 Å². The van der Waals surface area contributed by atoms with E-state index in [9.17, 15) is 0 Å². The second kappa shape index (κ2) is 3.31. The van der Waals surface area contributed by atoms with E-state index in [2.05, 4.69) is 0 Å². The molecule has 0 radical (unpaired) electrons. The number of aliphatic hydroxyl groups is 1. The lowest BCUT2D eigenvalue weighted by Gasteiger charge is -2.15. The molecule has 0 fully saturated rings. The highest BCUT2D eigenvalue weighted by Gasteiger charge is 2.13. The molecule has 3 atom stereocenters. The molecular weight excluding hydrogens is 124 g/mol. The van der Waals surface area contributed by atoms with Gasteiger partial charge in [0.2, 0.25) is 0 Å². The maximum absolute atomic E-state index is 8.91. The zero-order chi connectivity index (χ0) is 6.73. The number of hydrogen-bond donors (Lipinski definition) is 1. The van der Waals surface area contributed by atoms with Crippen molar-refractivity contribution in [2.75, 3.05) is 0 Å². The molecule has 0 aliphatic rings. The van der Waals surface area contributed by atoms with Crippen molar-refractivity contribution < 1.29 is 5.11 Å². The maximum Gasteiger partial charge on any atom is 0.0551 e. The van der Waals surface area contributed by atoms with Gasteiger partial charge in [-0.05, 0) is 19.8 Å². The van der Waals surface area contributed by atoms with Crippen LogP contribution in [0.3, 0.4) is 0 Å². The van der Waals surface area contributed by atoms with Crippen molar-refractivity contribution >= 4 is 11.6 Å². The highest BCUT2D eigenvalue weighted by atomic mass is 35.5. The van der Waals surface area contributed by atoms with Crippen molar-refractivity contribution in [3.63, 3.8) is 0 Å². The molecule has 0 spiro atoms. The molecule has 0 aromatic rings. The van der Waals surface area contributed by atoms with E-state index in [-0.39, 0.29) is 17.4 Å². The van der Waals surface area contributed by atoms with Crippen LogP contribution in [0, 0.1) is 5.92 Å². The Balaban J connectivity index is 3.46. The predicted octanol–water partition coefficient (Wildman–Crippen LogP) is 1.63. The zero-order valence-corrected chi connectivity index (χ0v) is 6.31. The highest BCUT2D eigenvalue weighted by Crippen LogP contribution is 2.12. The first-order valence-electron chi connectivity index (χ1n) is 2.88. The molecule has 0 aliphatic carbocycles. The fraction of sp³-hybridized carbons (Fsp3) is 1.00. The van der Waals surface area contributed by atoms with Gasteiger partial charge in [-0.2, -0.15) is 0 Å². The van der Waals surface area contributed by atoms with Crippen molar-refractivity contribution in [3.05, 3.63) is 0 Å². The first kappa shape index (κ1) is 8.25. The van der Waals surface area contributed by atoms with Gasteiger partial charge in [0, 0.05) is 5.38 Å². The summed E-state index contributed by atoms with van der Waals surface area (Å²) in [6.07, 6.45) is -0.289. The van der Waals surface area contributed by atoms with E-state index in [0.29, 0.717) is 0 Å². The van der Waals surface area contributed by atoms with Gasteiger partial charge in [-0.3, -0.25) is 0 Å². The lowest BCUT2D eigenvalue weighted by atomic mass is 10.0. The Morgan fingerprint density at radius 3 is 1.62 bits per heavy atom. The van der Waals surface area contributed by atoms with E-state index in [0.717, 1.165) is 0 Å². The normalized spacial score (nSPS) is 22.1. The molecular formula is C6H13ClO. The minimum absolute atomic E-state index is 0.0648. The monoisotopic (exact) mass is 136 g/mol. The molecule has 0 aromatic carbocycles. The topological polar surface area (TPSA) is 20.2 Å². The van der Waals surface area contributed by atoms with Crippen LogP contribution in [-0.2, 0) is 0 Å². The summed E-state index contributed by atoms with van der Waals surface area (Å²) >= 11 is 5.66. The fourth-order valence-corrected chi connectivity index (χ4v) is 0.594. The van der Waals surface area contributed by atoms with Gasteiger partial charge < -0.3 is 5.11 Å². The van der Waals surface area contributed by atoms with Crippen LogP contribution in [0.15, 0.2) is 0 Å². The van der Waals surface area contributed by atoms with E-state index >= 15 is 0 Å². The van der Waals surface area contributed by atoms with Crippen molar-refractivity contribution in [1.29, 1.82) is 0 Å². The molecule has 0 amide bonds. The standard InChI is InChI=1S/C6H13ClO/c1-4(5(2)7)6(3)8/h4-6,8H,1-3H3. The van der Waals surface area contributed by atoms with Crippen LogP contribution < -0.4 is 0 Å². The zero-order valence-electron chi connectivity index (χ0n) is 5.56. The second-order valence-corrected chi connectivity index (χ2v) is 2.97. The third kappa shape index (κ3) is 2.53. The van der Waals surface area contributed by atoms with Crippen LogP contribution >= 0.6 is 11.6 Å². The minimum Gasteiger partial charge on any atom is -0.393 e. The lowest BCUT2D eigenvalue weighted by molar-refractivity contribution is 0.135. The smallest absolute Gasteiger partial charge is 0.0551 e. The summed E-state index contributed by atoms with van der Waals surface area (Å²) in [7, 11) is 0. The van der Waals surface area contributed by atoms with E-state index in [1.807, 2.05) is 13.8 Å². The van der Waals surface area contributed by atoms with Crippen molar-refractivity contribution in [2.24, 2.45) is 5.92 Å². The van der Waals surface area contributed by atoms with Gasteiger partial charge >= 0.3 is 0 Å². The molecule has 8 heavy (non-hydrogen) atoms. The Labute approximate surface area is 55.7 Å². The Kier molecular flexibility index (Phi) is 3.41. The van der Waals surface area contributed by atoms with Crippen LogP contribution in [0.25, 0.3) is 0 Å². The second-order valence-electron chi connectivity index (χ2n) is 2.28. The van der Waals surface area contributed by atoms with Crippen LogP contribution in [0.4, 0.5) is 0 Å². The Bertz CT molecular complexity index is 53.5. The first-order valence-corrected chi connectivity index (χ1v) is 3.31. The number of hydrogen-bond acceptors (Lipinski definition) is 1. The summed E-state index contributed by atoms with van der Waals surface area (Å²) in [5.41, 5.74) is 0. The molecule has 0 heterocycles. The van der Waals surface area contributed by atoms with E-state index < -0.39 is 0 Å². The van der Waals surface area contributed by atoms with Gasteiger partial charge in [0.05, 0.1) is 6.10 Å². The molecule has 50 valence electrons. The van der Waals surface area contributed by atoms with Crippen LogP contribution in [0.5, 0.6) is 0 Å². The SMILES string of the molecule is CC(O)C(C)C(C)Cl. The fourth-order valence-electron chi connectivity index (χ4n) is 0.384. The molecule has 1 nitrogen and oxygen atoms in total. The Morgan fingerprint density at radius 2 is 1.62 bits per heavy atom. The summed E-state index contributed by atoms with van der Waals surface area (Å²) in [5.74, 6) is 0.191. The van der Waals surface area contributed by atoms with Gasteiger partial charge in [-0.15, -0.1) is 11.6 Å². The first-order chi connectivity index (χ1) is 3.55. The van der Waals surface area contributed by atoms with E-state index in [4.69, 9.17) is 16.7 Å².